The Hall–Kier alpha value is -3.23. The number of benzene rings is 1. The molecule has 25 heavy (non-hydrogen) atoms. The zero-order valence-electron chi connectivity index (χ0n) is 13.5. The van der Waals surface area contributed by atoms with Crippen LogP contribution in [0.25, 0.3) is 17.0 Å². The number of ether oxygens (including phenoxy) is 1. The van der Waals surface area contributed by atoms with Crippen LogP contribution in [0.5, 0.6) is 5.75 Å². The molecule has 0 amide bonds. The monoisotopic (exact) mass is 351 g/mol. The number of thioether (sulfide) groups is 1. The van der Waals surface area contributed by atoms with Crippen molar-refractivity contribution in [2.24, 2.45) is 0 Å². The van der Waals surface area contributed by atoms with Gasteiger partial charge < -0.3 is 4.74 Å². The van der Waals surface area contributed by atoms with Crippen LogP contribution in [-0.2, 0) is 0 Å². The smallest absolute Gasteiger partial charge is 0.290 e. The minimum absolute atomic E-state index is 0.0502. The Morgan fingerprint density at radius 2 is 1.92 bits per heavy atom. The summed E-state index contributed by atoms with van der Waals surface area (Å²) in [5.74, 6) is 1.76. The van der Waals surface area contributed by atoms with E-state index >= 15 is 0 Å². The quantitative estimate of drug-likeness (QED) is 0.724. The summed E-state index contributed by atoms with van der Waals surface area (Å²) in [5.41, 5.74) is 0.605. The number of hydrogen-bond donors (Lipinski definition) is 1. The van der Waals surface area contributed by atoms with Crippen LogP contribution in [0, 0.1) is 22.7 Å². The first kappa shape index (κ1) is 16.6. The molecule has 0 atom stereocenters. The van der Waals surface area contributed by atoms with E-state index in [1.165, 1.54) is 11.8 Å². The lowest BCUT2D eigenvalue weighted by atomic mass is 10.2. The lowest BCUT2D eigenvalue weighted by molar-refractivity contribution is 0.415. The second-order valence-electron chi connectivity index (χ2n) is 5.00. The highest BCUT2D eigenvalue weighted by Crippen LogP contribution is 2.28. The lowest BCUT2D eigenvalue weighted by Gasteiger charge is -2.04. The van der Waals surface area contributed by atoms with E-state index in [0.717, 1.165) is 10.1 Å². The Labute approximate surface area is 147 Å². The third kappa shape index (κ3) is 2.73. The number of pyridine rings is 1. The Bertz CT molecular complexity index is 1080. The van der Waals surface area contributed by atoms with E-state index in [2.05, 4.69) is 16.2 Å². The zero-order valence-corrected chi connectivity index (χ0v) is 14.3. The summed E-state index contributed by atoms with van der Waals surface area (Å²) in [4.78, 5) is 17.4. The van der Waals surface area contributed by atoms with E-state index < -0.39 is 5.56 Å². The van der Waals surface area contributed by atoms with Crippen LogP contribution in [0.3, 0.4) is 0 Å². The van der Waals surface area contributed by atoms with Gasteiger partial charge in [0.05, 0.1) is 12.0 Å². The van der Waals surface area contributed by atoms with Gasteiger partial charge in [-0.3, -0.25) is 9.89 Å². The first-order chi connectivity index (χ1) is 12.1. The van der Waals surface area contributed by atoms with Crippen molar-refractivity contribution in [3.63, 3.8) is 0 Å². The molecule has 2 heterocycles. The molecule has 0 saturated heterocycles. The van der Waals surface area contributed by atoms with E-state index in [-0.39, 0.29) is 16.8 Å². The number of aromatic amines is 1. The molecule has 3 aromatic rings. The van der Waals surface area contributed by atoms with Gasteiger partial charge in [0.1, 0.15) is 29.0 Å². The molecule has 0 unspecified atom stereocenters. The van der Waals surface area contributed by atoms with Crippen LogP contribution in [-0.4, -0.2) is 27.5 Å². The summed E-state index contributed by atoms with van der Waals surface area (Å²) < 4.78 is 6.27. The Balaban J connectivity index is 2.30. The van der Waals surface area contributed by atoms with Gasteiger partial charge in [0.25, 0.3) is 5.56 Å². The van der Waals surface area contributed by atoms with Crippen LogP contribution in [0.15, 0.2) is 34.0 Å². The van der Waals surface area contributed by atoms with Crippen LogP contribution < -0.4 is 10.3 Å². The van der Waals surface area contributed by atoms with Gasteiger partial charge in [0.15, 0.2) is 11.5 Å². The van der Waals surface area contributed by atoms with Crippen molar-refractivity contribution >= 4 is 17.4 Å². The van der Waals surface area contributed by atoms with Gasteiger partial charge >= 0.3 is 0 Å². The average Bonchev–Trinajstić information content (AvgIpc) is 3.08. The number of aromatic nitrogens is 3. The van der Waals surface area contributed by atoms with Crippen LogP contribution in [0.1, 0.15) is 18.1 Å². The lowest BCUT2D eigenvalue weighted by Crippen LogP contribution is -2.19. The average molecular weight is 351 g/mol. The molecule has 8 heteroatoms. The molecular weight excluding hydrogens is 338 g/mol. The minimum Gasteiger partial charge on any atom is -0.497 e. The number of rotatable bonds is 4. The maximum Gasteiger partial charge on any atom is 0.290 e. The first-order valence-corrected chi connectivity index (χ1v) is 8.39. The molecule has 7 nitrogen and oxygen atoms in total. The topological polar surface area (TPSA) is 107 Å². The highest BCUT2D eigenvalue weighted by Gasteiger charge is 2.21. The van der Waals surface area contributed by atoms with E-state index in [1.807, 2.05) is 13.0 Å². The predicted molar refractivity (Wildman–Crippen MR) is 93.6 cm³/mol. The molecule has 0 saturated carbocycles. The Morgan fingerprint density at radius 1 is 1.24 bits per heavy atom. The molecule has 1 N–H and O–H groups in total. The maximum atomic E-state index is 12.6. The van der Waals surface area contributed by atoms with Gasteiger partial charge in [-0.15, -0.1) is 11.8 Å². The number of hydrogen-bond acceptors (Lipinski definition) is 6. The molecule has 0 radical (unpaired) electrons. The summed E-state index contributed by atoms with van der Waals surface area (Å²) in [5, 5.41) is 21.8. The summed E-state index contributed by atoms with van der Waals surface area (Å²) in [6, 6.07) is 11.1. The highest BCUT2D eigenvalue weighted by atomic mass is 32.2. The molecule has 0 bridgehead atoms. The number of methoxy groups -OCH3 is 1. The molecule has 1 aromatic carbocycles. The number of H-pyrrole nitrogens is 1. The number of nitrogens with zero attached hydrogens (tertiary/aromatic N) is 4. The van der Waals surface area contributed by atoms with E-state index in [1.54, 1.807) is 31.4 Å². The van der Waals surface area contributed by atoms with Gasteiger partial charge in [-0.05, 0) is 30.0 Å². The van der Waals surface area contributed by atoms with Crippen molar-refractivity contribution < 1.29 is 4.74 Å². The van der Waals surface area contributed by atoms with Gasteiger partial charge in [-0.2, -0.15) is 15.0 Å². The van der Waals surface area contributed by atoms with E-state index in [9.17, 15) is 15.3 Å². The molecule has 0 fully saturated rings. The fraction of sp³-hybridized carbons (Fsp3) is 0.176. The van der Waals surface area contributed by atoms with Gasteiger partial charge in [0, 0.05) is 5.56 Å². The van der Waals surface area contributed by atoms with Crippen LogP contribution in [0.4, 0.5) is 0 Å². The van der Waals surface area contributed by atoms with Crippen LogP contribution in [0.2, 0.25) is 0 Å². The maximum absolute atomic E-state index is 12.6. The van der Waals surface area contributed by atoms with Crippen molar-refractivity contribution in [1.82, 2.24) is 14.6 Å². The Kier molecular flexibility index (Phi) is 4.46. The number of nitriles is 2. The number of nitrogens with one attached hydrogen (secondary N) is 1. The summed E-state index contributed by atoms with van der Waals surface area (Å²) in [7, 11) is 1.57. The van der Waals surface area contributed by atoms with Gasteiger partial charge in [-0.25, -0.2) is 4.98 Å². The molecule has 0 aliphatic heterocycles. The second-order valence-corrected chi connectivity index (χ2v) is 6.27. The Morgan fingerprint density at radius 3 is 2.48 bits per heavy atom. The summed E-state index contributed by atoms with van der Waals surface area (Å²) in [6.07, 6.45) is 0. The molecule has 0 aliphatic rings. The minimum atomic E-state index is -0.514. The first-order valence-electron chi connectivity index (χ1n) is 7.40. The summed E-state index contributed by atoms with van der Waals surface area (Å²) >= 11 is 1.29. The molecular formula is C17H13N5O2S. The normalized spacial score (nSPS) is 10.4. The standard InChI is InChI=1S/C17H13N5O2S/c1-3-25-14-12(8-18)16-20-15(10-4-6-11(24-2)7-5-10)21-22(16)17(23)13(14)9-19/h4-7H,3H2,1-2H3,(H,20,21). The molecule has 0 spiro atoms. The number of fused-ring (bicyclic) bond motifs is 1. The molecule has 0 aliphatic carbocycles. The van der Waals surface area contributed by atoms with Gasteiger partial charge in [-0.1, -0.05) is 6.92 Å². The zero-order chi connectivity index (χ0) is 18.0. The van der Waals surface area contributed by atoms with Crippen molar-refractivity contribution in [3.05, 3.63) is 45.7 Å². The van der Waals surface area contributed by atoms with Gasteiger partial charge in [0.2, 0.25) is 0 Å². The van der Waals surface area contributed by atoms with E-state index in [4.69, 9.17) is 4.74 Å². The van der Waals surface area contributed by atoms with E-state index in [0.29, 0.717) is 22.2 Å². The van der Waals surface area contributed by atoms with Crippen LogP contribution >= 0.6 is 11.8 Å². The summed E-state index contributed by atoms with van der Waals surface area (Å²) in [6.45, 7) is 1.89. The van der Waals surface area contributed by atoms with Crippen molar-refractivity contribution in [1.29, 1.82) is 10.5 Å². The SMILES string of the molecule is CCSc1c(C#N)c(=O)n2[nH]c(-c3ccc(OC)cc3)nc2c1C#N. The van der Waals surface area contributed by atoms with Crippen molar-refractivity contribution in [2.75, 3.05) is 12.9 Å². The third-order valence-electron chi connectivity index (χ3n) is 3.62. The largest absolute Gasteiger partial charge is 0.497 e. The fourth-order valence-corrected chi connectivity index (χ4v) is 3.30. The second kappa shape index (κ2) is 6.71. The molecule has 3 rings (SSSR count). The highest BCUT2D eigenvalue weighted by molar-refractivity contribution is 7.99. The predicted octanol–water partition coefficient (Wildman–Crippen LogP) is 2.55. The molecule has 2 aromatic heterocycles. The van der Waals surface area contributed by atoms with Crippen molar-refractivity contribution in [2.45, 2.75) is 11.8 Å². The third-order valence-corrected chi connectivity index (χ3v) is 4.60. The molecule has 124 valence electrons. The fourth-order valence-electron chi connectivity index (χ4n) is 2.46. The van der Waals surface area contributed by atoms with Crippen molar-refractivity contribution in [3.8, 4) is 29.3 Å².